The van der Waals surface area contributed by atoms with Gasteiger partial charge in [-0.15, -0.1) is 0 Å². The molecule has 0 spiro atoms. The summed E-state index contributed by atoms with van der Waals surface area (Å²) in [7, 11) is 0. The minimum atomic E-state index is -1.000. The smallest absolute Gasteiger partial charge is 0.111 e. The molecule has 0 bridgehead atoms. The third-order valence-electron chi connectivity index (χ3n) is 6.81. The third kappa shape index (κ3) is 6.29. The zero-order valence-corrected chi connectivity index (χ0v) is 19.1. The van der Waals surface area contributed by atoms with Crippen LogP contribution in [0.3, 0.4) is 0 Å². The number of allylic oxidation sites excluding steroid dienone is 1. The quantitative estimate of drug-likeness (QED) is 0.411. The van der Waals surface area contributed by atoms with E-state index in [1.54, 1.807) is 0 Å². The van der Waals surface area contributed by atoms with Crippen LogP contribution in [0.1, 0.15) is 62.5 Å². The molecule has 3 N–H and O–H groups in total. The molecule has 1 saturated heterocycles. The van der Waals surface area contributed by atoms with Crippen molar-refractivity contribution in [1.82, 2.24) is 0 Å². The van der Waals surface area contributed by atoms with E-state index in [-0.39, 0.29) is 12.5 Å². The zero-order chi connectivity index (χ0) is 22.9. The Morgan fingerprint density at radius 2 is 1.47 bits per heavy atom. The Balaban J connectivity index is 1.45. The van der Waals surface area contributed by atoms with Gasteiger partial charge in [0.15, 0.2) is 0 Å². The largest absolute Gasteiger partial charge is 0.394 e. The molecule has 2 unspecified atom stereocenters. The van der Waals surface area contributed by atoms with Crippen LogP contribution in [0.15, 0.2) is 67.2 Å². The molecule has 6 atom stereocenters. The Morgan fingerprint density at radius 1 is 0.875 bits per heavy atom. The molecule has 0 saturated carbocycles. The van der Waals surface area contributed by atoms with E-state index in [4.69, 9.17) is 4.74 Å². The lowest BCUT2D eigenvalue weighted by Gasteiger charge is -2.22. The second-order valence-corrected chi connectivity index (χ2v) is 9.13. The van der Waals surface area contributed by atoms with Crippen molar-refractivity contribution in [1.29, 1.82) is 0 Å². The van der Waals surface area contributed by atoms with E-state index in [0.717, 1.165) is 38.5 Å². The fourth-order valence-electron chi connectivity index (χ4n) is 4.81. The van der Waals surface area contributed by atoms with E-state index in [2.05, 4.69) is 68.1 Å². The normalized spacial score (nSPS) is 24.9. The summed E-state index contributed by atoms with van der Waals surface area (Å²) < 4.78 is 5.66. The highest BCUT2D eigenvalue weighted by Crippen LogP contribution is 2.35. The number of hydrogen-bond donors (Lipinski definition) is 3. The van der Waals surface area contributed by atoms with E-state index >= 15 is 0 Å². The predicted molar refractivity (Wildman–Crippen MR) is 129 cm³/mol. The topological polar surface area (TPSA) is 69.9 Å². The van der Waals surface area contributed by atoms with Gasteiger partial charge < -0.3 is 20.1 Å². The van der Waals surface area contributed by atoms with Gasteiger partial charge in [-0.2, -0.15) is 0 Å². The maximum atomic E-state index is 10.2. The number of rotatable bonds is 12. The van der Waals surface area contributed by atoms with Crippen molar-refractivity contribution in [3.63, 3.8) is 0 Å². The molecule has 32 heavy (non-hydrogen) atoms. The molecule has 4 nitrogen and oxygen atoms in total. The van der Waals surface area contributed by atoms with Crippen LogP contribution in [0.5, 0.6) is 0 Å². The lowest BCUT2D eigenvalue weighted by atomic mass is 9.84. The van der Waals surface area contributed by atoms with Gasteiger partial charge in [-0.05, 0) is 35.5 Å². The van der Waals surface area contributed by atoms with Crippen molar-refractivity contribution in [3.05, 3.63) is 78.4 Å². The van der Waals surface area contributed by atoms with Gasteiger partial charge in [-0.3, -0.25) is 0 Å². The average Bonchev–Trinajstić information content (AvgIpc) is 3.13. The molecule has 3 rings (SSSR count). The van der Waals surface area contributed by atoms with Gasteiger partial charge in [0.1, 0.15) is 18.3 Å². The zero-order valence-electron chi connectivity index (χ0n) is 19.1. The molecular weight excluding hydrogens is 400 g/mol. The summed E-state index contributed by atoms with van der Waals surface area (Å²) in [6.07, 6.45) is 3.47. The molecule has 2 aromatic rings. The van der Waals surface area contributed by atoms with Gasteiger partial charge >= 0.3 is 0 Å². The first-order chi connectivity index (χ1) is 15.5. The molecule has 2 aromatic carbocycles. The third-order valence-corrected chi connectivity index (χ3v) is 6.81. The van der Waals surface area contributed by atoms with Crippen molar-refractivity contribution in [2.45, 2.75) is 75.8 Å². The summed E-state index contributed by atoms with van der Waals surface area (Å²) in [4.78, 5) is 0. The lowest BCUT2D eigenvalue weighted by Crippen LogP contribution is -2.35. The summed E-state index contributed by atoms with van der Waals surface area (Å²) in [6, 6.07) is 21.1. The SMILES string of the molecule is C=C(c1ccccc1)C(CCCCCCC(C)[C@@H]1O[C@H](CO)[C@@H](O)[C@@H]1O)c1ccccc1. The lowest BCUT2D eigenvalue weighted by molar-refractivity contribution is -0.0417. The van der Waals surface area contributed by atoms with Crippen LogP contribution in [-0.4, -0.2) is 46.3 Å². The first-order valence-electron chi connectivity index (χ1n) is 11.9. The van der Waals surface area contributed by atoms with Crippen molar-refractivity contribution in [2.75, 3.05) is 6.61 Å². The van der Waals surface area contributed by atoms with Crippen LogP contribution in [0.2, 0.25) is 0 Å². The Hall–Kier alpha value is -1.98. The molecule has 0 aromatic heterocycles. The van der Waals surface area contributed by atoms with E-state index in [1.807, 2.05) is 6.07 Å². The van der Waals surface area contributed by atoms with Gasteiger partial charge in [-0.1, -0.05) is 99.8 Å². The van der Waals surface area contributed by atoms with E-state index < -0.39 is 24.4 Å². The van der Waals surface area contributed by atoms with E-state index in [9.17, 15) is 15.3 Å². The Kier molecular flexibility index (Phi) is 9.49. The number of hydrogen-bond acceptors (Lipinski definition) is 4. The molecule has 1 aliphatic heterocycles. The van der Waals surface area contributed by atoms with Crippen LogP contribution in [-0.2, 0) is 4.74 Å². The summed E-state index contributed by atoms with van der Waals surface area (Å²) in [5.74, 6) is 0.461. The first kappa shape index (κ1) is 24.7. The van der Waals surface area contributed by atoms with Crippen LogP contribution in [0.4, 0.5) is 0 Å². The van der Waals surface area contributed by atoms with Gasteiger partial charge in [-0.25, -0.2) is 0 Å². The van der Waals surface area contributed by atoms with Crippen molar-refractivity contribution < 1.29 is 20.1 Å². The molecule has 1 aliphatic rings. The first-order valence-corrected chi connectivity index (χ1v) is 11.9. The van der Waals surface area contributed by atoms with E-state index in [0.29, 0.717) is 5.92 Å². The van der Waals surface area contributed by atoms with Crippen LogP contribution in [0, 0.1) is 5.92 Å². The Labute approximate surface area is 192 Å². The predicted octanol–water partition coefficient (Wildman–Crippen LogP) is 4.94. The second-order valence-electron chi connectivity index (χ2n) is 9.13. The maximum absolute atomic E-state index is 10.2. The van der Waals surface area contributed by atoms with Gasteiger partial charge in [0.2, 0.25) is 0 Å². The van der Waals surface area contributed by atoms with Crippen LogP contribution in [0.25, 0.3) is 5.57 Å². The second kappa shape index (κ2) is 12.3. The monoisotopic (exact) mass is 438 g/mol. The summed E-state index contributed by atoms with van der Waals surface area (Å²) in [5, 5.41) is 29.4. The molecule has 174 valence electrons. The highest BCUT2D eigenvalue weighted by atomic mass is 16.6. The summed E-state index contributed by atoms with van der Waals surface area (Å²) in [6.45, 7) is 6.22. The maximum Gasteiger partial charge on any atom is 0.111 e. The summed E-state index contributed by atoms with van der Waals surface area (Å²) >= 11 is 0. The fraction of sp³-hybridized carbons (Fsp3) is 0.500. The molecule has 1 heterocycles. The molecule has 1 fully saturated rings. The molecule has 4 heteroatoms. The fourth-order valence-corrected chi connectivity index (χ4v) is 4.81. The van der Waals surface area contributed by atoms with Gasteiger partial charge in [0, 0.05) is 5.92 Å². The molecule has 0 amide bonds. The average molecular weight is 439 g/mol. The molecule has 0 radical (unpaired) electrons. The molecular formula is C28H38O4. The highest BCUT2D eigenvalue weighted by Gasteiger charge is 2.44. The highest BCUT2D eigenvalue weighted by molar-refractivity contribution is 5.69. The number of benzene rings is 2. The number of aliphatic hydroxyl groups excluding tert-OH is 3. The van der Waals surface area contributed by atoms with Gasteiger partial charge in [0.05, 0.1) is 12.7 Å². The van der Waals surface area contributed by atoms with Crippen molar-refractivity contribution in [2.24, 2.45) is 5.92 Å². The minimum Gasteiger partial charge on any atom is -0.394 e. The number of aliphatic hydroxyl groups is 3. The van der Waals surface area contributed by atoms with Crippen LogP contribution < -0.4 is 0 Å². The van der Waals surface area contributed by atoms with Crippen LogP contribution >= 0.6 is 0 Å². The number of ether oxygens (including phenoxy) is 1. The van der Waals surface area contributed by atoms with E-state index in [1.165, 1.54) is 16.7 Å². The Bertz CT molecular complexity index is 807. The standard InChI is InChI=1S/C28H38O4/c1-20(28-27(31)26(30)25(19-29)32-28)13-7-3-4-12-18-24(23-16-10-6-11-17-23)21(2)22-14-8-5-9-15-22/h5-6,8-11,14-17,20,24-31H,2-4,7,12-13,18-19H2,1H3/t20?,24?,25-,26-,27+,28+/m1/s1. The van der Waals surface area contributed by atoms with Crippen molar-refractivity contribution >= 4 is 5.57 Å². The minimum absolute atomic E-state index is 0.145. The molecule has 0 aliphatic carbocycles. The van der Waals surface area contributed by atoms with Gasteiger partial charge in [0.25, 0.3) is 0 Å². The summed E-state index contributed by atoms with van der Waals surface area (Å²) in [5.41, 5.74) is 3.70. The Morgan fingerprint density at radius 3 is 2.06 bits per heavy atom. The number of unbranched alkanes of at least 4 members (excludes halogenated alkanes) is 3. The van der Waals surface area contributed by atoms with Crippen molar-refractivity contribution in [3.8, 4) is 0 Å².